The van der Waals surface area contributed by atoms with Crippen LogP contribution in [0.2, 0.25) is 0 Å². The summed E-state index contributed by atoms with van der Waals surface area (Å²) >= 11 is 3.46. The minimum atomic E-state index is 0.106. The molecule has 0 N–H and O–H groups in total. The highest BCUT2D eigenvalue weighted by Gasteiger charge is 2.12. The molecule has 0 saturated carbocycles. The molecule has 0 spiro atoms. The highest BCUT2D eigenvalue weighted by molar-refractivity contribution is 9.10. The number of halogens is 1. The lowest BCUT2D eigenvalue weighted by molar-refractivity contribution is -0.116. The molecule has 0 saturated heterocycles. The largest absolute Gasteiger partial charge is 0.493 e. The van der Waals surface area contributed by atoms with Crippen LogP contribution >= 0.6 is 15.9 Å². The first kappa shape index (κ1) is 15.6. The standard InChI is InChI=1S/C17H17BrO3/c1-12(19)8-14-9-17(16(20-2)10-15(14)18)21-11-13-6-4-3-5-7-13/h3-7,9-10H,8,11H2,1-2H3. The van der Waals surface area contributed by atoms with E-state index in [4.69, 9.17) is 9.47 Å². The fourth-order valence-corrected chi connectivity index (χ4v) is 2.45. The topological polar surface area (TPSA) is 35.5 Å². The lowest BCUT2D eigenvalue weighted by Gasteiger charge is -2.13. The number of rotatable bonds is 6. The normalized spacial score (nSPS) is 10.2. The van der Waals surface area contributed by atoms with Crippen molar-refractivity contribution in [2.75, 3.05) is 7.11 Å². The Morgan fingerprint density at radius 1 is 1.14 bits per heavy atom. The van der Waals surface area contributed by atoms with Gasteiger partial charge in [0.2, 0.25) is 0 Å². The van der Waals surface area contributed by atoms with Crippen molar-refractivity contribution < 1.29 is 14.3 Å². The number of Topliss-reactive ketones (excluding diaryl/α,β-unsaturated/α-hetero) is 1. The van der Waals surface area contributed by atoms with Crippen LogP contribution in [0.1, 0.15) is 18.1 Å². The molecule has 4 heteroatoms. The van der Waals surface area contributed by atoms with Crippen molar-refractivity contribution in [1.29, 1.82) is 0 Å². The minimum Gasteiger partial charge on any atom is -0.493 e. The molecule has 0 amide bonds. The lowest BCUT2D eigenvalue weighted by Crippen LogP contribution is -2.02. The van der Waals surface area contributed by atoms with Crippen LogP contribution in [0.25, 0.3) is 0 Å². The van der Waals surface area contributed by atoms with Crippen molar-refractivity contribution >= 4 is 21.7 Å². The number of hydrogen-bond acceptors (Lipinski definition) is 3. The molecule has 0 aliphatic heterocycles. The molecule has 110 valence electrons. The summed E-state index contributed by atoms with van der Waals surface area (Å²) in [7, 11) is 1.60. The molecular formula is C17H17BrO3. The molecule has 3 nitrogen and oxygen atoms in total. The summed E-state index contributed by atoms with van der Waals surface area (Å²) < 4.78 is 12.0. The Hall–Kier alpha value is -1.81. The smallest absolute Gasteiger partial charge is 0.162 e. The Labute approximate surface area is 133 Å². The van der Waals surface area contributed by atoms with Gasteiger partial charge in [-0.15, -0.1) is 0 Å². The van der Waals surface area contributed by atoms with Gasteiger partial charge in [-0.2, -0.15) is 0 Å². The third-order valence-electron chi connectivity index (χ3n) is 3.01. The van der Waals surface area contributed by atoms with E-state index in [2.05, 4.69) is 15.9 Å². The van der Waals surface area contributed by atoms with Crippen LogP contribution in [-0.2, 0) is 17.8 Å². The quantitative estimate of drug-likeness (QED) is 0.785. The zero-order valence-corrected chi connectivity index (χ0v) is 13.6. The zero-order chi connectivity index (χ0) is 15.2. The van der Waals surface area contributed by atoms with Crippen LogP contribution in [-0.4, -0.2) is 12.9 Å². The van der Waals surface area contributed by atoms with Crippen molar-refractivity contribution in [2.24, 2.45) is 0 Å². The second-order valence-electron chi connectivity index (χ2n) is 4.75. The summed E-state index contributed by atoms with van der Waals surface area (Å²) in [6.45, 7) is 2.03. The van der Waals surface area contributed by atoms with E-state index < -0.39 is 0 Å². The third kappa shape index (κ3) is 4.33. The van der Waals surface area contributed by atoms with Crippen LogP contribution in [0.3, 0.4) is 0 Å². The fraction of sp³-hybridized carbons (Fsp3) is 0.235. The summed E-state index contributed by atoms with van der Waals surface area (Å²) in [5, 5.41) is 0. The predicted octanol–water partition coefficient (Wildman–Crippen LogP) is 4.17. The van der Waals surface area contributed by atoms with Gasteiger partial charge in [0.05, 0.1) is 7.11 Å². The highest BCUT2D eigenvalue weighted by atomic mass is 79.9. The molecule has 0 radical (unpaired) electrons. The Kier molecular flexibility index (Phi) is 5.39. The van der Waals surface area contributed by atoms with Crippen LogP contribution in [0.4, 0.5) is 0 Å². The van der Waals surface area contributed by atoms with Crippen LogP contribution in [0.5, 0.6) is 11.5 Å². The maximum absolute atomic E-state index is 11.3. The second-order valence-corrected chi connectivity index (χ2v) is 5.60. The SMILES string of the molecule is COc1cc(Br)c(CC(C)=O)cc1OCc1ccccc1. The summed E-state index contributed by atoms with van der Waals surface area (Å²) in [5.41, 5.74) is 1.97. The molecule has 2 aromatic rings. The van der Waals surface area contributed by atoms with E-state index in [1.165, 1.54) is 0 Å². The average Bonchev–Trinajstić information content (AvgIpc) is 2.48. The number of carbonyl (C=O) groups is 1. The maximum Gasteiger partial charge on any atom is 0.162 e. The zero-order valence-electron chi connectivity index (χ0n) is 12.1. The van der Waals surface area contributed by atoms with E-state index in [0.29, 0.717) is 24.5 Å². The van der Waals surface area contributed by atoms with Gasteiger partial charge in [-0.1, -0.05) is 46.3 Å². The first-order valence-electron chi connectivity index (χ1n) is 6.62. The number of benzene rings is 2. The third-order valence-corrected chi connectivity index (χ3v) is 3.75. The van der Waals surface area contributed by atoms with Gasteiger partial charge in [-0.25, -0.2) is 0 Å². The van der Waals surface area contributed by atoms with E-state index >= 15 is 0 Å². The number of methoxy groups -OCH3 is 1. The van der Waals surface area contributed by atoms with Crippen molar-refractivity contribution in [1.82, 2.24) is 0 Å². The summed E-state index contributed by atoms with van der Waals surface area (Å²) in [4.78, 5) is 11.3. The predicted molar refractivity (Wildman–Crippen MR) is 85.9 cm³/mol. The van der Waals surface area contributed by atoms with E-state index in [0.717, 1.165) is 15.6 Å². The Morgan fingerprint density at radius 3 is 2.48 bits per heavy atom. The van der Waals surface area contributed by atoms with Gasteiger partial charge in [0.1, 0.15) is 12.4 Å². The van der Waals surface area contributed by atoms with Gasteiger partial charge in [0.25, 0.3) is 0 Å². The number of ether oxygens (including phenoxy) is 2. The van der Waals surface area contributed by atoms with Crippen LogP contribution in [0, 0.1) is 0 Å². The van der Waals surface area contributed by atoms with Gasteiger partial charge < -0.3 is 9.47 Å². The van der Waals surface area contributed by atoms with Gasteiger partial charge >= 0.3 is 0 Å². The van der Waals surface area contributed by atoms with Crippen LogP contribution < -0.4 is 9.47 Å². The van der Waals surface area contributed by atoms with Crippen molar-refractivity contribution in [3.63, 3.8) is 0 Å². The highest BCUT2D eigenvalue weighted by Crippen LogP contribution is 2.34. The first-order valence-corrected chi connectivity index (χ1v) is 7.42. The Bertz CT molecular complexity index is 623. The van der Waals surface area contributed by atoms with E-state index in [1.54, 1.807) is 14.0 Å². The average molecular weight is 349 g/mol. The Balaban J connectivity index is 2.22. The molecule has 2 rings (SSSR count). The molecule has 0 heterocycles. The minimum absolute atomic E-state index is 0.106. The van der Waals surface area contributed by atoms with E-state index in [9.17, 15) is 4.79 Å². The summed E-state index contributed by atoms with van der Waals surface area (Å²) in [6.07, 6.45) is 0.367. The lowest BCUT2D eigenvalue weighted by atomic mass is 10.1. The van der Waals surface area contributed by atoms with Gasteiger partial charge in [-0.3, -0.25) is 4.79 Å². The summed E-state index contributed by atoms with van der Waals surface area (Å²) in [5.74, 6) is 1.39. The molecule has 0 unspecified atom stereocenters. The van der Waals surface area contributed by atoms with E-state index in [-0.39, 0.29) is 5.78 Å². The molecule has 2 aromatic carbocycles. The van der Waals surface area contributed by atoms with Gasteiger partial charge in [-0.05, 0) is 30.2 Å². The number of carbonyl (C=O) groups excluding carboxylic acids is 1. The molecular weight excluding hydrogens is 332 g/mol. The van der Waals surface area contributed by atoms with Gasteiger partial charge in [0.15, 0.2) is 11.5 Å². The monoisotopic (exact) mass is 348 g/mol. The molecule has 0 aliphatic carbocycles. The van der Waals surface area contributed by atoms with Crippen LogP contribution in [0.15, 0.2) is 46.9 Å². The van der Waals surface area contributed by atoms with Crippen molar-refractivity contribution in [3.8, 4) is 11.5 Å². The van der Waals surface area contributed by atoms with Gasteiger partial charge in [0, 0.05) is 10.9 Å². The molecule has 0 aromatic heterocycles. The molecule has 21 heavy (non-hydrogen) atoms. The molecule has 0 atom stereocenters. The molecule has 0 fully saturated rings. The summed E-state index contributed by atoms with van der Waals surface area (Å²) in [6, 6.07) is 13.6. The first-order chi connectivity index (χ1) is 10.1. The number of hydrogen-bond donors (Lipinski definition) is 0. The number of ketones is 1. The molecule has 0 aliphatic rings. The second kappa shape index (κ2) is 7.27. The van der Waals surface area contributed by atoms with E-state index in [1.807, 2.05) is 42.5 Å². The Morgan fingerprint density at radius 2 is 1.86 bits per heavy atom. The maximum atomic E-state index is 11.3. The van der Waals surface area contributed by atoms with Crippen molar-refractivity contribution in [3.05, 3.63) is 58.1 Å². The molecule has 0 bridgehead atoms. The van der Waals surface area contributed by atoms with Crippen molar-refractivity contribution in [2.45, 2.75) is 20.0 Å². The fourth-order valence-electron chi connectivity index (χ4n) is 1.99.